The van der Waals surface area contributed by atoms with Crippen LogP contribution in [0.15, 0.2) is 70.3 Å². The Kier molecular flexibility index (Phi) is 7.89. The third-order valence-corrected chi connectivity index (χ3v) is 4.89. The summed E-state index contributed by atoms with van der Waals surface area (Å²) in [5.74, 6) is 0.853. The van der Waals surface area contributed by atoms with Crippen molar-refractivity contribution in [2.24, 2.45) is 0 Å². The van der Waals surface area contributed by atoms with Gasteiger partial charge in [0.05, 0.1) is 5.69 Å². The Morgan fingerprint density at radius 1 is 0.833 bits per heavy atom. The zero-order valence-electron chi connectivity index (χ0n) is 17.4. The molecule has 1 heterocycles. The molecule has 0 aliphatic heterocycles. The van der Waals surface area contributed by atoms with Crippen molar-refractivity contribution in [3.8, 4) is 5.75 Å². The lowest BCUT2D eigenvalue weighted by Crippen LogP contribution is -2.29. The number of aromatic nitrogens is 2. The summed E-state index contributed by atoms with van der Waals surface area (Å²) >= 11 is 0. The highest BCUT2D eigenvalue weighted by Crippen LogP contribution is 2.25. The number of hydrogen-bond acceptors (Lipinski definition) is 4. The van der Waals surface area contributed by atoms with Crippen molar-refractivity contribution in [3.05, 3.63) is 87.1 Å². The summed E-state index contributed by atoms with van der Waals surface area (Å²) in [6, 6.07) is 18.5. The molecule has 0 saturated heterocycles. The largest absolute Gasteiger partial charge is 0.373 e. The van der Waals surface area contributed by atoms with Crippen LogP contribution < -0.4 is 21.1 Å². The van der Waals surface area contributed by atoms with Crippen molar-refractivity contribution in [1.82, 2.24) is 9.97 Å². The fraction of sp³-hybridized carbons (Fsp3) is 0.333. The average molecular weight is 408 g/mol. The minimum atomic E-state index is -0.584. The number of aromatic amines is 2. The van der Waals surface area contributed by atoms with Crippen molar-refractivity contribution in [1.29, 1.82) is 0 Å². The Bertz CT molecular complexity index is 982. The molecule has 1 aromatic heterocycles. The van der Waals surface area contributed by atoms with E-state index in [4.69, 9.17) is 4.84 Å². The second-order valence-electron chi connectivity index (χ2n) is 7.36. The van der Waals surface area contributed by atoms with Gasteiger partial charge in [-0.25, -0.2) is 4.79 Å². The van der Waals surface area contributed by atoms with Crippen LogP contribution in [0.1, 0.15) is 51.0 Å². The Morgan fingerprint density at radius 3 is 2.23 bits per heavy atom. The fourth-order valence-corrected chi connectivity index (χ4v) is 3.30. The van der Waals surface area contributed by atoms with E-state index in [0.29, 0.717) is 11.4 Å². The third-order valence-electron chi connectivity index (χ3n) is 4.89. The van der Waals surface area contributed by atoms with Gasteiger partial charge in [-0.15, -0.1) is 0 Å². The first-order valence-corrected chi connectivity index (χ1v) is 10.6. The highest BCUT2D eigenvalue weighted by molar-refractivity contribution is 5.57. The van der Waals surface area contributed by atoms with Gasteiger partial charge in [0.2, 0.25) is 0 Å². The van der Waals surface area contributed by atoms with Crippen LogP contribution in [-0.4, -0.2) is 9.97 Å². The number of nitrogens with zero attached hydrogens (tertiary/aromatic N) is 1. The molecule has 158 valence electrons. The maximum absolute atomic E-state index is 11.8. The van der Waals surface area contributed by atoms with Crippen LogP contribution in [-0.2, 0) is 6.42 Å². The Labute approximate surface area is 176 Å². The highest BCUT2D eigenvalue weighted by Gasteiger charge is 2.14. The smallest absolute Gasteiger partial charge is 0.327 e. The molecular weight excluding hydrogens is 378 g/mol. The predicted octanol–water partition coefficient (Wildman–Crippen LogP) is 5.10. The molecule has 0 aliphatic rings. The summed E-state index contributed by atoms with van der Waals surface area (Å²) in [5.41, 5.74) is 0.897. The molecule has 0 aliphatic carbocycles. The van der Waals surface area contributed by atoms with E-state index in [-0.39, 0.29) is 5.82 Å². The van der Waals surface area contributed by atoms with Gasteiger partial charge in [-0.3, -0.25) is 14.8 Å². The van der Waals surface area contributed by atoms with E-state index in [1.54, 1.807) is 0 Å². The van der Waals surface area contributed by atoms with Crippen LogP contribution in [0.25, 0.3) is 0 Å². The molecule has 2 N–H and O–H groups in total. The first-order valence-electron chi connectivity index (χ1n) is 10.6. The van der Waals surface area contributed by atoms with Gasteiger partial charge in [0.1, 0.15) is 0 Å². The summed E-state index contributed by atoms with van der Waals surface area (Å²) in [6.45, 7) is 2.23. The van der Waals surface area contributed by atoms with E-state index in [0.717, 1.165) is 6.42 Å². The van der Waals surface area contributed by atoms with Gasteiger partial charge in [0.15, 0.2) is 11.6 Å². The number of para-hydroxylation sites is 1. The van der Waals surface area contributed by atoms with Crippen LogP contribution in [0.2, 0.25) is 0 Å². The first-order chi connectivity index (χ1) is 14.7. The molecule has 0 spiro atoms. The molecule has 0 atom stereocenters. The summed E-state index contributed by atoms with van der Waals surface area (Å²) in [7, 11) is 0. The molecular formula is C24H29N3O3. The number of aryl methyl sites for hydroxylation is 1. The summed E-state index contributed by atoms with van der Waals surface area (Å²) in [5, 5.41) is 1.46. The predicted molar refractivity (Wildman–Crippen MR) is 120 cm³/mol. The van der Waals surface area contributed by atoms with Crippen molar-refractivity contribution in [2.75, 3.05) is 5.06 Å². The lowest BCUT2D eigenvalue weighted by Gasteiger charge is -2.23. The van der Waals surface area contributed by atoms with E-state index >= 15 is 0 Å². The van der Waals surface area contributed by atoms with Crippen LogP contribution >= 0.6 is 0 Å². The molecule has 0 bridgehead atoms. The number of anilines is 2. The lowest BCUT2D eigenvalue weighted by molar-refractivity contribution is 0.320. The van der Waals surface area contributed by atoms with Gasteiger partial charge in [-0.2, -0.15) is 5.06 Å². The van der Waals surface area contributed by atoms with Gasteiger partial charge in [-0.05, 0) is 42.7 Å². The number of H-pyrrole nitrogens is 2. The third kappa shape index (κ3) is 6.37. The quantitative estimate of drug-likeness (QED) is 0.342. The van der Waals surface area contributed by atoms with Crippen LogP contribution in [0.4, 0.5) is 11.5 Å². The maximum atomic E-state index is 11.8. The Balaban J connectivity index is 1.74. The molecule has 0 unspecified atom stereocenters. The van der Waals surface area contributed by atoms with Gasteiger partial charge in [-0.1, -0.05) is 69.4 Å². The zero-order valence-corrected chi connectivity index (χ0v) is 17.4. The van der Waals surface area contributed by atoms with Crippen LogP contribution in [0.5, 0.6) is 5.75 Å². The van der Waals surface area contributed by atoms with Crippen molar-refractivity contribution >= 4 is 11.5 Å². The minimum Gasteiger partial charge on any atom is -0.373 e. The van der Waals surface area contributed by atoms with E-state index in [9.17, 15) is 9.59 Å². The van der Waals surface area contributed by atoms with E-state index in [1.165, 1.54) is 55.2 Å². The van der Waals surface area contributed by atoms with E-state index in [2.05, 4.69) is 29.0 Å². The monoisotopic (exact) mass is 407 g/mol. The van der Waals surface area contributed by atoms with E-state index < -0.39 is 11.2 Å². The minimum absolute atomic E-state index is 0.260. The molecule has 0 saturated carbocycles. The van der Waals surface area contributed by atoms with Crippen molar-refractivity contribution in [3.63, 3.8) is 0 Å². The zero-order chi connectivity index (χ0) is 21.2. The SMILES string of the molecule is CCCCCCCCc1ccc(N(Oc2ccccc2)c2cc(=O)[nH]c(=O)[nH]2)cc1. The fourth-order valence-electron chi connectivity index (χ4n) is 3.30. The molecule has 3 rings (SSSR count). The Morgan fingerprint density at radius 2 is 1.53 bits per heavy atom. The number of unbranched alkanes of at least 4 members (excludes halogenated alkanes) is 5. The number of nitrogens with one attached hydrogen (secondary N) is 2. The normalized spacial score (nSPS) is 10.7. The van der Waals surface area contributed by atoms with E-state index in [1.807, 2.05) is 42.5 Å². The maximum Gasteiger partial charge on any atom is 0.327 e. The van der Waals surface area contributed by atoms with Gasteiger partial charge < -0.3 is 4.84 Å². The average Bonchev–Trinajstić information content (AvgIpc) is 2.75. The van der Waals surface area contributed by atoms with Crippen LogP contribution in [0.3, 0.4) is 0 Å². The molecule has 6 nitrogen and oxygen atoms in total. The molecule has 6 heteroatoms. The molecule has 0 amide bonds. The van der Waals surface area contributed by atoms with Gasteiger partial charge in [0.25, 0.3) is 5.56 Å². The lowest BCUT2D eigenvalue weighted by atomic mass is 10.0. The van der Waals surface area contributed by atoms with Gasteiger partial charge in [0, 0.05) is 6.07 Å². The topological polar surface area (TPSA) is 78.2 Å². The van der Waals surface area contributed by atoms with Crippen molar-refractivity contribution in [2.45, 2.75) is 51.9 Å². The van der Waals surface area contributed by atoms with Crippen LogP contribution in [0, 0.1) is 0 Å². The number of hydrogen-bond donors (Lipinski definition) is 2. The second kappa shape index (κ2) is 11.0. The summed E-state index contributed by atoms with van der Waals surface area (Å²) in [4.78, 5) is 34.4. The number of rotatable bonds is 11. The first kappa shape index (κ1) is 21.4. The van der Waals surface area contributed by atoms with Gasteiger partial charge >= 0.3 is 5.69 Å². The standard InChI is InChI=1S/C24H29N3O3/c1-2-3-4-5-6-8-11-19-14-16-20(17-15-19)27(30-21-12-9-7-10-13-21)22-18-23(28)26-24(29)25-22/h7,9-10,12-18H,2-6,8,11H2,1H3,(H2,25,26,28,29). The highest BCUT2D eigenvalue weighted by atomic mass is 16.7. The molecule has 2 aromatic carbocycles. The number of benzene rings is 2. The molecule has 3 aromatic rings. The molecule has 0 fully saturated rings. The summed E-state index contributed by atoms with van der Waals surface area (Å²) < 4.78 is 0. The van der Waals surface area contributed by atoms with Crippen molar-refractivity contribution < 1.29 is 4.84 Å². The summed E-state index contributed by atoms with van der Waals surface area (Å²) in [6.07, 6.45) is 8.65. The second-order valence-corrected chi connectivity index (χ2v) is 7.36. The Hall–Kier alpha value is -3.28. The molecule has 0 radical (unpaired) electrons. The molecule has 30 heavy (non-hydrogen) atoms.